The molecule has 7 nitrogen and oxygen atoms in total. The number of amides is 1. The normalized spacial score (nSPS) is 22.9. The van der Waals surface area contributed by atoms with Gasteiger partial charge in [-0.3, -0.25) is 4.90 Å². The van der Waals surface area contributed by atoms with Crippen molar-refractivity contribution < 1.29 is 28.6 Å². The minimum absolute atomic E-state index is 0.131. The molecule has 0 aliphatic carbocycles. The lowest BCUT2D eigenvalue weighted by atomic mass is 10.00. The summed E-state index contributed by atoms with van der Waals surface area (Å²) >= 11 is 0. The van der Waals surface area contributed by atoms with Crippen molar-refractivity contribution in [2.24, 2.45) is 0 Å². The van der Waals surface area contributed by atoms with Crippen LogP contribution in [0.2, 0.25) is 0 Å². The fraction of sp³-hybridized carbons (Fsp3) is 0.632. The van der Waals surface area contributed by atoms with Crippen LogP contribution < -0.4 is 0 Å². The van der Waals surface area contributed by atoms with Crippen LogP contribution in [0.15, 0.2) is 23.3 Å². The molecule has 0 aromatic carbocycles. The van der Waals surface area contributed by atoms with Gasteiger partial charge >= 0.3 is 18.0 Å². The fourth-order valence-electron chi connectivity index (χ4n) is 3.05. The first-order valence-electron chi connectivity index (χ1n) is 8.82. The fourth-order valence-corrected chi connectivity index (χ4v) is 3.05. The zero-order chi connectivity index (χ0) is 19.6. The Kier molecular flexibility index (Phi) is 5.78. The smallest absolute Gasteiger partial charge is 0.411 e. The maximum Gasteiger partial charge on any atom is 0.411 e. The molecule has 0 saturated heterocycles. The van der Waals surface area contributed by atoms with Gasteiger partial charge in [-0.1, -0.05) is 17.7 Å². The molecule has 2 rings (SSSR count). The molecular formula is C19H27NO6. The number of nitrogens with zero attached hydrogens (tertiary/aromatic N) is 1. The van der Waals surface area contributed by atoms with Crippen molar-refractivity contribution in [3.05, 3.63) is 23.3 Å². The van der Waals surface area contributed by atoms with Gasteiger partial charge in [-0.25, -0.2) is 14.4 Å². The minimum atomic E-state index is -1.01. The largest absolute Gasteiger partial charge is 0.463 e. The molecule has 0 aromatic heterocycles. The van der Waals surface area contributed by atoms with Crippen molar-refractivity contribution in [1.82, 2.24) is 4.90 Å². The Morgan fingerprint density at radius 1 is 1.31 bits per heavy atom. The summed E-state index contributed by atoms with van der Waals surface area (Å²) in [5.74, 6) is -1.23. The van der Waals surface area contributed by atoms with E-state index in [0.717, 1.165) is 5.57 Å². The van der Waals surface area contributed by atoms with Crippen LogP contribution in [-0.4, -0.2) is 53.3 Å². The number of hydrogen-bond donors (Lipinski definition) is 0. The molecule has 2 aliphatic heterocycles. The lowest BCUT2D eigenvalue weighted by Gasteiger charge is -2.36. The number of carbonyl (C=O) groups excluding carboxylic acids is 3. The molecule has 0 unspecified atom stereocenters. The average molecular weight is 365 g/mol. The van der Waals surface area contributed by atoms with E-state index in [-0.39, 0.29) is 12.6 Å². The maximum atomic E-state index is 12.6. The predicted molar refractivity (Wildman–Crippen MR) is 94.3 cm³/mol. The van der Waals surface area contributed by atoms with Crippen LogP contribution >= 0.6 is 0 Å². The summed E-state index contributed by atoms with van der Waals surface area (Å²) in [6.07, 6.45) is 2.64. The summed E-state index contributed by atoms with van der Waals surface area (Å²) in [5.41, 5.74) is 0.698. The monoisotopic (exact) mass is 365 g/mol. The van der Waals surface area contributed by atoms with Crippen LogP contribution in [0.5, 0.6) is 0 Å². The average Bonchev–Trinajstić information content (AvgIpc) is 2.74. The summed E-state index contributed by atoms with van der Waals surface area (Å²) < 4.78 is 15.6. The second-order valence-corrected chi connectivity index (χ2v) is 7.45. The van der Waals surface area contributed by atoms with Crippen molar-refractivity contribution >= 4 is 18.0 Å². The lowest BCUT2D eigenvalue weighted by Crippen LogP contribution is -2.49. The first-order chi connectivity index (χ1) is 12.0. The minimum Gasteiger partial charge on any atom is -0.463 e. The van der Waals surface area contributed by atoms with Gasteiger partial charge in [0.25, 0.3) is 0 Å². The molecule has 0 radical (unpaired) electrons. The van der Waals surface area contributed by atoms with E-state index in [1.54, 1.807) is 38.7 Å². The molecule has 0 saturated carbocycles. The first-order valence-corrected chi connectivity index (χ1v) is 8.82. The molecule has 26 heavy (non-hydrogen) atoms. The third-order valence-corrected chi connectivity index (χ3v) is 4.20. The molecular weight excluding hydrogens is 338 g/mol. The van der Waals surface area contributed by atoms with Crippen molar-refractivity contribution in [3.8, 4) is 0 Å². The van der Waals surface area contributed by atoms with Gasteiger partial charge in [-0.05, 0) is 48.0 Å². The van der Waals surface area contributed by atoms with Crippen LogP contribution in [0, 0.1) is 0 Å². The van der Waals surface area contributed by atoms with Crippen molar-refractivity contribution in [3.63, 3.8) is 0 Å². The molecule has 144 valence electrons. The highest BCUT2D eigenvalue weighted by Gasteiger charge is 2.44. The Hall–Kier alpha value is -2.31. The molecule has 0 aromatic rings. The van der Waals surface area contributed by atoms with Gasteiger partial charge in [-0.2, -0.15) is 0 Å². The molecule has 3 atom stereocenters. The van der Waals surface area contributed by atoms with Crippen LogP contribution in [0.4, 0.5) is 4.79 Å². The van der Waals surface area contributed by atoms with Crippen molar-refractivity contribution in [2.45, 2.75) is 71.8 Å². The number of carbonyl (C=O) groups is 3. The molecule has 0 fully saturated rings. The second-order valence-electron chi connectivity index (χ2n) is 7.45. The van der Waals surface area contributed by atoms with Gasteiger partial charge in [0.05, 0.1) is 24.3 Å². The van der Waals surface area contributed by atoms with Gasteiger partial charge in [0.15, 0.2) is 6.10 Å². The Morgan fingerprint density at radius 2 is 1.96 bits per heavy atom. The van der Waals surface area contributed by atoms with Gasteiger partial charge < -0.3 is 14.2 Å². The van der Waals surface area contributed by atoms with Crippen molar-refractivity contribution in [2.75, 3.05) is 6.61 Å². The van der Waals surface area contributed by atoms with E-state index in [1.807, 2.05) is 13.0 Å². The Labute approximate surface area is 154 Å². The summed E-state index contributed by atoms with van der Waals surface area (Å²) in [4.78, 5) is 38.4. The number of esters is 2. The molecule has 2 bridgehead atoms. The highest BCUT2D eigenvalue weighted by molar-refractivity contribution is 5.94. The third kappa shape index (κ3) is 4.26. The third-order valence-electron chi connectivity index (χ3n) is 4.20. The topological polar surface area (TPSA) is 82.1 Å². The molecule has 0 spiro atoms. The van der Waals surface area contributed by atoms with Crippen LogP contribution in [0.3, 0.4) is 0 Å². The standard InChI is InChI=1S/C19H27NO6/c1-7-24-16(21)12(3)25-17(22)13-8-9-14-11(2)10-15(13)20(14)18(23)26-19(4,5)6/h8,10,12,14-15H,7,9H2,1-6H3/t12-,14+,15+/m0/s1. The highest BCUT2D eigenvalue weighted by atomic mass is 16.6. The van der Waals surface area contributed by atoms with E-state index in [9.17, 15) is 14.4 Å². The van der Waals surface area contributed by atoms with E-state index in [1.165, 1.54) is 6.92 Å². The van der Waals surface area contributed by atoms with Crippen molar-refractivity contribution in [1.29, 1.82) is 0 Å². The van der Waals surface area contributed by atoms with Crippen LogP contribution in [0.25, 0.3) is 0 Å². The number of fused-ring (bicyclic) bond motifs is 2. The van der Waals surface area contributed by atoms with E-state index in [2.05, 4.69) is 0 Å². The number of ether oxygens (including phenoxy) is 3. The van der Waals surface area contributed by atoms with Crippen LogP contribution in [-0.2, 0) is 23.8 Å². The van der Waals surface area contributed by atoms with Crippen LogP contribution in [0.1, 0.15) is 48.0 Å². The summed E-state index contributed by atoms with van der Waals surface area (Å²) in [6, 6.07) is -0.681. The molecule has 2 aliphatic rings. The van der Waals surface area contributed by atoms with Gasteiger partial charge in [0.1, 0.15) is 5.60 Å². The molecule has 7 heteroatoms. The molecule has 2 heterocycles. The van der Waals surface area contributed by atoms with E-state index >= 15 is 0 Å². The zero-order valence-electron chi connectivity index (χ0n) is 16.2. The Balaban J connectivity index is 2.15. The Bertz CT molecular complexity index is 657. The quantitative estimate of drug-likeness (QED) is 0.433. The summed E-state index contributed by atoms with van der Waals surface area (Å²) in [6.45, 7) is 10.7. The van der Waals surface area contributed by atoms with Gasteiger partial charge in [0, 0.05) is 0 Å². The predicted octanol–water partition coefficient (Wildman–Crippen LogP) is 2.75. The first kappa shape index (κ1) is 20.0. The summed E-state index contributed by atoms with van der Waals surface area (Å²) in [5, 5.41) is 0. The van der Waals surface area contributed by atoms with Gasteiger partial charge in [-0.15, -0.1) is 0 Å². The van der Waals surface area contributed by atoms with E-state index in [4.69, 9.17) is 14.2 Å². The highest BCUT2D eigenvalue weighted by Crippen LogP contribution is 2.36. The second kappa shape index (κ2) is 7.51. The Morgan fingerprint density at radius 3 is 2.54 bits per heavy atom. The molecule has 1 amide bonds. The SMILES string of the molecule is CCOC(=O)[C@H](C)OC(=O)C1=CC[C@@H]2C(C)=C[C@H]1N2C(=O)OC(C)(C)C. The zero-order valence-corrected chi connectivity index (χ0v) is 16.2. The van der Waals surface area contributed by atoms with E-state index in [0.29, 0.717) is 12.0 Å². The molecule has 0 N–H and O–H groups in total. The van der Waals surface area contributed by atoms with Gasteiger partial charge in [0.2, 0.25) is 0 Å². The maximum absolute atomic E-state index is 12.6. The number of hydrogen-bond acceptors (Lipinski definition) is 6. The summed E-state index contributed by atoms with van der Waals surface area (Å²) in [7, 11) is 0. The van der Waals surface area contributed by atoms with E-state index < -0.39 is 35.8 Å². The lowest BCUT2D eigenvalue weighted by molar-refractivity contribution is -0.164. The number of rotatable bonds is 4.